The van der Waals surface area contributed by atoms with Crippen LogP contribution in [0, 0.1) is 11.8 Å². The van der Waals surface area contributed by atoms with Gasteiger partial charge in [0, 0.05) is 7.05 Å². The van der Waals surface area contributed by atoms with Crippen molar-refractivity contribution in [2.24, 2.45) is 11.8 Å². The summed E-state index contributed by atoms with van der Waals surface area (Å²) < 4.78 is 5.23. The minimum absolute atomic E-state index is 0.124. The van der Waals surface area contributed by atoms with Gasteiger partial charge in [0.1, 0.15) is 5.76 Å². The summed E-state index contributed by atoms with van der Waals surface area (Å²) in [5.74, 6) is -1.18. The third-order valence-corrected chi connectivity index (χ3v) is 3.31. The molecule has 5 nitrogen and oxygen atoms in total. The number of carboxylic acids is 1. The molecule has 0 bridgehead atoms. The molecule has 1 aliphatic carbocycles. The summed E-state index contributed by atoms with van der Waals surface area (Å²) in [4.78, 5) is 24.2. The summed E-state index contributed by atoms with van der Waals surface area (Å²) in [6, 6.07) is 3.39. The van der Waals surface area contributed by atoms with Crippen molar-refractivity contribution in [2.45, 2.75) is 19.4 Å². The lowest BCUT2D eigenvalue weighted by Gasteiger charge is -2.23. The average molecular weight is 237 g/mol. The van der Waals surface area contributed by atoms with Crippen LogP contribution in [0.25, 0.3) is 0 Å². The van der Waals surface area contributed by atoms with Crippen molar-refractivity contribution in [2.75, 3.05) is 7.05 Å². The van der Waals surface area contributed by atoms with Gasteiger partial charge in [-0.05, 0) is 25.5 Å². The lowest BCUT2D eigenvalue weighted by Crippen LogP contribution is -2.31. The minimum atomic E-state index is -0.887. The van der Waals surface area contributed by atoms with Crippen LogP contribution in [-0.4, -0.2) is 28.9 Å². The molecule has 92 valence electrons. The Morgan fingerprint density at radius 3 is 2.71 bits per heavy atom. The number of carbonyl (C=O) groups is 2. The summed E-state index contributed by atoms with van der Waals surface area (Å²) in [5.41, 5.74) is 0. The van der Waals surface area contributed by atoms with Gasteiger partial charge in [-0.15, -0.1) is 0 Å². The fourth-order valence-corrected chi connectivity index (χ4v) is 1.91. The number of amides is 1. The van der Waals surface area contributed by atoms with Crippen LogP contribution in [-0.2, 0) is 9.59 Å². The van der Waals surface area contributed by atoms with Gasteiger partial charge in [0.05, 0.1) is 24.1 Å². The number of carboxylic acid groups (broad SMARTS) is 1. The summed E-state index contributed by atoms with van der Waals surface area (Å²) in [6.07, 6.45) is 2.00. The Bertz CT molecular complexity index is 426. The van der Waals surface area contributed by atoms with Crippen molar-refractivity contribution < 1.29 is 19.1 Å². The molecule has 1 N–H and O–H groups in total. The maximum absolute atomic E-state index is 12.0. The highest BCUT2D eigenvalue weighted by molar-refractivity contribution is 5.89. The van der Waals surface area contributed by atoms with E-state index in [0.29, 0.717) is 12.2 Å². The second-order valence-electron chi connectivity index (χ2n) is 4.43. The lowest BCUT2D eigenvalue weighted by molar-refractivity contribution is -0.142. The number of hydrogen-bond donors (Lipinski definition) is 1. The maximum Gasteiger partial charge on any atom is 0.307 e. The van der Waals surface area contributed by atoms with Gasteiger partial charge in [-0.3, -0.25) is 9.59 Å². The zero-order chi connectivity index (χ0) is 12.6. The zero-order valence-corrected chi connectivity index (χ0v) is 9.79. The molecule has 0 saturated heterocycles. The molecule has 1 aromatic rings. The first-order valence-electron chi connectivity index (χ1n) is 5.55. The molecule has 0 spiro atoms. The molecule has 0 aromatic carbocycles. The van der Waals surface area contributed by atoms with E-state index in [1.54, 1.807) is 30.3 Å². The van der Waals surface area contributed by atoms with E-state index in [1.165, 1.54) is 0 Å². The Morgan fingerprint density at radius 2 is 2.24 bits per heavy atom. The Labute approximate surface area is 99.0 Å². The Kier molecular flexibility index (Phi) is 2.92. The first kappa shape index (κ1) is 11.7. The smallest absolute Gasteiger partial charge is 0.307 e. The molecular weight excluding hydrogens is 222 g/mol. The van der Waals surface area contributed by atoms with E-state index < -0.39 is 11.9 Å². The molecule has 3 unspecified atom stereocenters. The number of rotatable bonds is 4. The van der Waals surface area contributed by atoms with Gasteiger partial charge in [0.25, 0.3) is 0 Å². The Morgan fingerprint density at radius 1 is 1.53 bits per heavy atom. The van der Waals surface area contributed by atoms with Gasteiger partial charge >= 0.3 is 5.97 Å². The van der Waals surface area contributed by atoms with Gasteiger partial charge < -0.3 is 14.4 Å². The second kappa shape index (κ2) is 4.24. The quantitative estimate of drug-likeness (QED) is 0.861. The van der Waals surface area contributed by atoms with Crippen molar-refractivity contribution in [3.63, 3.8) is 0 Å². The highest BCUT2D eigenvalue weighted by atomic mass is 16.4. The molecule has 1 saturated carbocycles. The first-order valence-corrected chi connectivity index (χ1v) is 5.55. The number of carbonyl (C=O) groups excluding carboxylic acids is 1. The normalized spacial score (nSPS) is 24.1. The molecule has 1 heterocycles. The van der Waals surface area contributed by atoms with Gasteiger partial charge in [-0.2, -0.15) is 0 Å². The van der Waals surface area contributed by atoms with Gasteiger partial charge in [0.2, 0.25) is 5.91 Å². The predicted octanol–water partition coefficient (Wildman–Crippen LogP) is 1.52. The number of nitrogens with zero attached hydrogens (tertiary/aromatic N) is 1. The van der Waals surface area contributed by atoms with E-state index in [4.69, 9.17) is 9.52 Å². The van der Waals surface area contributed by atoms with Crippen LogP contribution in [0.5, 0.6) is 0 Å². The summed E-state index contributed by atoms with van der Waals surface area (Å²) in [5, 5.41) is 8.79. The van der Waals surface area contributed by atoms with E-state index in [1.807, 2.05) is 6.92 Å². The van der Waals surface area contributed by atoms with Crippen LogP contribution < -0.4 is 0 Å². The fraction of sp³-hybridized carbons (Fsp3) is 0.500. The third kappa shape index (κ3) is 2.18. The van der Waals surface area contributed by atoms with E-state index in [2.05, 4.69) is 0 Å². The number of aliphatic carboxylic acids is 1. The monoisotopic (exact) mass is 237 g/mol. The number of hydrogen-bond acceptors (Lipinski definition) is 3. The van der Waals surface area contributed by atoms with Gasteiger partial charge in [-0.25, -0.2) is 0 Å². The SMILES string of the molecule is CC(c1ccco1)N(C)C(=O)C1CC1C(=O)O. The molecule has 2 rings (SSSR count). The van der Waals surface area contributed by atoms with Crippen LogP contribution in [0.3, 0.4) is 0 Å². The van der Waals surface area contributed by atoms with Crippen LogP contribution in [0.4, 0.5) is 0 Å². The standard InChI is InChI=1S/C12H15NO4/c1-7(10-4-3-5-17-10)13(2)11(14)8-6-9(8)12(15)16/h3-5,7-9H,6H2,1-2H3,(H,15,16). The molecule has 1 aliphatic rings. The van der Waals surface area contributed by atoms with Crippen LogP contribution in [0.1, 0.15) is 25.1 Å². The summed E-state index contributed by atoms with van der Waals surface area (Å²) >= 11 is 0. The molecule has 1 fully saturated rings. The molecule has 0 aliphatic heterocycles. The highest BCUT2D eigenvalue weighted by Gasteiger charge is 2.49. The van der Waals surface area contributed by atoms with Crippen molar-refractivity contribution >= 4 is 11.9 Å². The largest absolute Gasteiger partial charge is 0.481 e. The Balaban J connectivity index is 1.99. The topological polar surface area (TPSA) is 70.8 Å². The van der Waals surface area contributed by atoms with E-state index in [-0.39, 0.29) is 17.9 Å². The highest BCUT2D eigenvalue weighted by Crippen LogP contribution is 2.41. The lowest BCUT2D eigenvalue weighted by atomic mass is 10.2. The van der Waals surface area contributed by atoms with E-state index in [9.17, 15) is 9.59 Å². The van der Waals surface area contributed by atoms with Gasteiger partial charge in [0.15, 0.2) is 0 Å². The molecule has 3 atom stereocenters. The summed E-state index contributed by atoms with van der Waals surface area (Å²) in [7, 11) is 1.67. The zero-order valence-electron chi connectivity index (χ0n) is 9.79. The van der Waals surface area contributed by atoms with Crippen LogP contribution in [0.2, 0.25) is 0 Å². The number of furan rings is 1. The van der Waals surface area contributed by atoms with Crippen molar-refractivity contribution in [3.05, 3.63) is 24.2 Å². The van der Waals surface area contributed by atoms with E-state index in [0.717, 1.165) is 0 Å². The van der Waals surface area contributed by atoms with Crippen molar-refractivity contribution in [3.8, 4) is 0 Å². The van der Waals surface area contributed by atoms with Crippen molar-refractivity contribution in [1.29, 1.82) is 0 Å². The van der Waals surface area contributed by atoms with E-state index >= 15 is 0 Å². The molecule has 1 aromatic heterocycles. The average Bonchev–Trinajstić information content (AvgIpc) is 2.93. The predicted molar refractivity (Wildman–Crippen MR) is 59.1 cm³/mol. The first-order chi connectivity index (χ1) is 8.02. The fourth-order valence-electron chi connectivity index (χ4n) is 1.91. The second-order valence-corrected chi connectivity index (χ2v) is 4.43. The van der Waals surface area contributed by atoms with Crippen LogP contribution >= 0.6 is 0 Å². The maximum atomic E-state index is 12.0. The van der Waals surface area contributed by atoms with Crippen LogP contribution in [0.15, 0.2) is 22.8 Å². The van der Waals surface area contributed by atoms with Gasteiger partial charge in [-0.1, -0.05) is 0 Å². The minimum Gasteiger partial charge on any atom is -0.481 e. The molecule has 0 radical (unpaired) electrons. The third-order valence-electron chi connectivity index (χ3n) is 3.31. The molecule has 1 amide bonds. The molecule has 17 heavy (non-hydrogen) atoms. The van der Waals surface area contributed by atoms with Crippen molar-refractivity contribution in [1.82, 2.24) is 4.90 Å². The summed E-state index contributed by atoms with van der Waals surface area (Å²) in [6.45, 7) is 1.86. The molecular formula is C12H15NO4. The Hall–Kier alpha value is -1.78. The molecule has 5 heteroatoms.